The topological polar surface area (TPSA) is 110 Å². The van der Waals surface area contributed by atoms with E-state index in [4.69, 9.17) is 0 Å². The fraction of sp³-hybridized carbons (Fsp3) is 0.353. The number of nitrogens with zero attached hydrogens (tertiary/aromatic N) is 1. The average Bonchev–Trinajstić information content (AvgIpc) is 2.61. The summed E-state index contributed by atoms with van der Waals surface area (Å²) in [7, 11) is -3.09. The molecule has 1 fully saturated rings. The Kier molecular flexibility index (Phi) is 4.30. The summed E-state index contributed by atoms with van der Waals surface area (Å²) < 4.78 is 25.4. The molecule has 7 nitrogen and oxygen atoms in total. The first kappa shape index (κ1) is 16.6. The van der Waals surface area contributed by atoms with Crippen molar-refractivity contribution in [1.82, 2.24) is 15.0 Å². The fourth-order valence-electron chi connectivity index (χ4n) is 3.51. The minimum atomic E-state index is -3.09. The summed E-state index contributed by atoms with van der Waals surface area (Å²) in [6.07, 6.45) is 2.17. The highest BCUT2D eigenvalue weighted by Crippen LogP contribution is 2.44. The number of nitrogens with one attached hydrogen (secondary N) is 3. The molecule has 8 heteroatoms. The molecule has 4 rings (SSSR count). The van der Waals surface area contributed by atoms with E-state index >= 15 is 0 Å². The number of rotatable bonds is 2. The maximum Gasteiger partial charge on any atom is 0.150 e. The molecule has 2 aliphatic heterocycles. The molecule has 3 heterocycles. The van der Waals surface area contributed by atoms with E-state index in [9.17, 15) is 14.2 Å². The third kappa shape index (κ3) is 3.31. The van der Waals surface area contributed by atoms with Crippen LogP contribution in [0.15, 0.2) is 30.3 Å². The SMILES string of the molecule is Oc1ccccc1-c1cc(C2CCCNC2)c2c(n1)NS(O)(O)NC2. The minimum absolute atomic E-state index is 0.156. The maximum atomic E-state index is 10.2. The fourth-order valence-corrected chi connectivity index (χ4v) is 4.37. The van der Waals surface area contributed by atoms with Gasteiger partial charge >= 0.3 is 0 Å². The predicted molar refractivity (Wildman–Crippen MR) is 99.5 cm³/mol. The highest BCUT2D eigenvalue weighted by atomic mass is 32.3. The van der Waals surface area contributed by atoms with Gasteiger partial charge in [-0.1, -0.05) is 23.1 Å². The smallest absolute Gasteiger partial charge is 0.150 e. The first-order chi connectivity index (χ1) is 12.0. The van der Waals surface area contributed by atoms with Gasteiger partial charge in [0.15, 0.2) is 5.82 Å². The number of aromatic nitrogens is 1. The molecular weight excluding hydrogens is 340 g/mol. The lowest BCUT2D eigenvalue weighted by molar-refractivity contribution is 0.455. The summed E-state index contributed by atoms with van der Waals surface area (Å²) in [6, 6.07) is 9.07. The lowest BCUT2D eigenvalue weighted by Gasteiger charge is -2.39. The van der Waals surface area contributed by atoms with Gasteiger partial charge in [-0.25, -0.2) is 4.98 Å². The van der Waals surface area contributed by atoms with E-state index in [0.717, 1.165) is 37.1 Å². The van der Waals surface area contributed by atoms with Gasteiger partial charge in [0.1, 0.15) is 5.75 Å². The van der Waals surface area contributed by atoms with Crippen molar-refractivity contribution in [3.05, 3.63) is 41.5 Å². The van der Waals surface area contributed by atoms with E-state index in [1.165, 1.54) is 0 Å². The first-order valence-electron chi connectivity index (χ1n) is 8.37. The van der Waals surface area contributed by atoms with Gasteiger partial charge in [0, 0.05) is 24.2 Å². The van der Waals surface area contributed by atoms with Crippen molar-refractivity contribution < 1.29 is 14.2 Å². The van der Waals surface area contributed by atoms with Crippen molar-refractivity contribution >= 4 is 16.8 Å². The maximum absolute atomic E-state index is 10.2. The van der Waals surface area contributed by atoms with Crippen molar-refractivity contribution in [3.63, 3.8) is 0 Å². The molecule has 0 aliphatic carbocycles. The van der Waals surface area contributed by atoms with Crippen LogP contribution in [0.5, 0.6) is 5.75 Å². The number of anilines is 1. The second kappa shape index (κ2) is 6.47. The van der Waals surface area contributed by atoms with E-state index in [1.54, 1.807) is 12.1 Å². The molecule has 0 saturated carbocycles. The number of piperidine rings is 1. The molecule has 25 heavy (non-hydrogen) atoms. The van der Waals surface area contributed by atoms with Crippen LogP contribution in [0.2, 0.25) is 0 Å². The molecule has 0 bridgehead atoms. The van der Waals surface area contributed by atoms with Crippen LogP contribution in [0.25, 0.3) is 11.3 Å². The number of para-hydroxylation sites is 1. The van der Waals surface area contributed by atoms with E-state index in [-0.39, 0.29) is 5.75 Å². The second-order valence-corrected chi connectivity index (χ2v) is 8.05. The number of hydrogen-bond acceptors (Lipinski definition) is 7. The van der Waals surface area contributed by atoms with Gasteiger partial charge in [-0.2, -0.15) is 4.72 Å². The van der Waals surface area contributed by atoms with Crippen LogP contribution < -0.4 is 14.8 Å². The second-order valence-electron chi connectivity index (χ2n) is 6.46. The lowest BCUT2D eigenvalue weighted by atomic mass is 9.87. The summed E-state index contributed by atoms with van der Waals surface area (Å²) in [5, 5.41) is 13.6. The van der Waals surface area contributed by atoms with Gasteiger partial charge < -0.3 is 10.4 Å². The Bertz CT molecular complexity index is 793. The van der Waals surface area contributed by atoms with E-state index in [0.29, 0.717) is 29.5 Å². The molecule has 2 aliphatic rings. The van der Waals surface area contributed by atoms with Crippen molar-refractivity contribution in [3.8, 4) is 17.0 Å². The highest BCUT2D eigenvalue weighted by Gasteiger charge is 2.28. The van der Waals surface area contributed by atoms with Gasteiger partial charge in [-0.15, -0.1) is 0 Å². The molecule has 1 saturated heterocycles. The zero-order chi connectivity index (χ0) is 17.4. The number of aromatic hydroxyl groups is 1. The lowest BCUT2D eigenvalue weighted by Crippen LogP contribution is -2.34. The molecule has 6 N–H and O–H groups in total. The summed E-state index contributed by atoms with van der Waals surface area (Å²) in [6.45, 7) is 2.25. The molecule has 1 aromatic carbocycles. The Morgan fingerprint density at radius 2 is 2.04 bits per heavy atom. The molecule has 1 atom stereocenters. The average molecular weight is 362 g/mol. The highest BCUT2D eigenvalue weighted by molar-refractivity contribution is 8.23. The standard InChI is InChI=1S/C17H22N4O3S/c22-16-6-2-1-5-12(16)15-8-13(11-4-3-7-18-9-11)14-10-19-25(23,24)21-17(14)20-15/h1-2,5-6,8,11,18-19,22-24H,3-4,7,9-10H2,(H,20,21). The number of benzene rings is 1. The third-order valence-electron chi connectivity index (χ3n) is 4.76. The number of phenols is 1. The first-order valence-corrected chi connectivity index (χ1v) is 9.92. The Balaban J connectivity index is 1.85. The van der Waals surface area contributed by atoms with Crippen LogP contribution >= 0.6 is 11.0 Å². The Labute approximate surface area is 148 Å². The summed E-state index contributed by atoms with van der Waals surface area (Å²) in [5.41, 5.74) is 3.35. The van der Waals surface area contributed by atoms with Gasteiger partial charge in [0.2, 0.25) is 0 Å². The third-order valence-corrected chi connectivity index (χ3v) is 5.79. The molecule has 134 valence electrons. The number of phenolic OH excluding ortho intramolecular Hbond substituents is 1. The van der Waals surface area contributed by atoms with Crippen LogP contribution in [0.1, 0.15) is 29.9 Å². The monoisotopic (exact) mass is 362 g/mol. The van der Waals surface area contributed by atoms with Gasteiger partial charge in [-0.3, -0.25) is 13.8 Å². The molecule has 1 aromatic heterocycles. The van der Waals surface area contributed by atoms with E-state index < -0.39 is 11.0 Å². The summed E-state index contributed by atoms with van der Waals surface area (Å²) in [5.74, 6) is 0.960. The van der Waals surface area contributed by atoms with Gasteiger partial charge in [-0.05, 0) is 49.1 Å². The zero-order valence-corrected chi connectivity index (χ0v) is 14.5. The molecular formula is C17H22N4O3S. The van der Waals surface area contributed by atoms with Gasteiger partial charge in [0.05, 0.1) is 5.69 Å². The Hall–Kier alpha value is -1.84. The van der Waals surface area contributed by atoms with Gasteiger partial charge in [0.25, 0.3) is 0 Å². The Morgan fingerprint density at radius 3 is 2.80 bits per heavy atom. The quantitative estimate of drug-likeness (QED) is 0.487. The molecule has 1 unspecified atom stereocenters. The van der Waals surface area contributed by atoms with Crippen molar-refractivity contribution in [2.24, 2.45) is 0 Å². The minimum Gasteiger partial charge on any atom is -0.507 e. The summed E-state index contributed by atoms with van der Waals surface area (Å²) in [4.78, 5) is 4.56. The number of fused-ring (bicyclic) bond motifs is 1. The van der Waals surface area contributed by atoms with Crippen molar-refractivity contribution in [2.45, 2.75) is 25.3 Å². The van der Waals surface area contributed by atoms with E-state index in [2.05, 4.69) is 19.7 Å². The largest absolute Gasteiger partial charge is 0.507 e. The predicted octanol–water partition coefficient (Wildman–Crippen LogP) is 3.02. The van der Waals surface area contributed by atoms with E-state index in [1.807, 2.05) is 18.2 Å². The van der Waals surface area contributed by atoms with Crippen LogP contribution in [0, 0.1) is 0 Å². The molecule has 2 aromatic rings. The summed E-state index contributed by atoms with van der Waals surface area (Å²) >= 11 is 0. The zero-order valence-electron chi connectivity index (χ0n) is 13.7. The van der Waals surface area contributed by atoms with Crippen LogP contribution in [0.4, 0.5) is 5.82 Å². The Morgan fingerprint density at radius 1 is 1.20 bits per heavy atom. The molecule has 0 amide bonds. The number of pyridine rings is 1. The van der Waals surface area contributed by atoms with Crippen LogP contribution in [0.3, 0.4) is 0 Å². The number of hydrogen-bond donors (Lipinski definition) is 6. The van der Waals surface area contributed by atoms with Crippen molar-refractivity contribution in [1.29, 1.82) is 0 Å². The van der Waals surface area contributed by atoms with Crippen LogP contribution in [-0.4, -0.2) is 32.3 Å². The van der Waals surface area contributed by atoms with Crippen molar-refractivity contribution in [2.75, 3.05) is 17.8 Å². The van der Waals surface area contributed by atoms with Crippen LogP contribution in [-0.2, 0) is 6.54 Å². The molecule has 0 spiro atoms. The normalized spacial score (nSPS) is 23.4. The molecule has 0 radical (unpaired) electrons.